The Kier molecular flexibility index (Phi) is 3.73. The van der Waals surface area contributed by atoms with Crippen LogP contribution in [0.15, 0.2) is 51.6 Å². The van der Waals surface area contributed by atoms with Crippen LogP contribution in [0.3, 0.4) is 0 Å². The van der Waals surface area contributed by atoms with Crippen LogP contribution in [0.25, 0.3) is 0 Å². The summed E-state index contributed by atoms with van der Waals surface area (Å²) in [6.45, 7) is 0. The quantitative estimate of drug-likeness (QED) is 0.382. The third-order valence-electron chi connectivity index (χ3n) is 2.08. The molecule has 0 aliphatic carbocycles. The highest BCUT2D eigenvalue weighted by atomic mass is 32.2. The summed E-state index contributed by atoms with van der Waals surface area (Å²) in [5.41, 5.74) is 5.97. The summed E-state index contributed by atoms with van der Waals surface area (Å²) in [4.78, 5) is 0.655. The highest BCUT2D eigenvalue weighted by Gasteiger charge is 2.10. The Hall–Kier alpha value is -2.15. The maximum atomic E-state index is 13.1. The van der Waals surface area contributed by atoms with Gasteiger partial charge in [-0.15, -0.1) is 5.10 Å². The van der Waals surface area contributed by atoms with Crippen molar-refractivity contribution in [2.24, 2.45) is 10.9 Å². The Labute approximate surface area is 107 Å². The van der Waals surface area contributed by atoms with Gasteiger partial charge in [0, 0.05) is 4.90 Å². The lowest BCUT2D eigenvalue weighted by molar-refractivity contribution is 0.318. The molecule has 92 valence electrons. The monoisotopic (exact) mass is 264 g/mol. The first-order chi connectivity index (χ1) is 8.70. The fraction of sp³-hybridized carbons (Fsp3) is 0. The maximum Gasteiger partial charge on any atom is 0.172 e. The van der Waals surface area contributed by atoms with Crippen molar-refractivity contribution in [1.29, 1.82) is 0 Å². The molecule has 0 unspecified atom stereocenters. The fourth-order valence-electron chi connectivity index (χ4n) is 1.29. The van der Waals surface area contributed by atoms with Crippen LogP contribution in [0.4, 0.5) is 4.39 Å². The number of oxime groups is 1. The summed E-state index contributed by atoms with van der Waals surface area (Å²) in [5.74, 6) is -0.405. The number of amidine groups is 1. The number of hydrogen-bond donors (Lipinski definition) is 2. The molecule has 7 heteroatoms. The van der Waals surface area contributed by atoms with Gasteiger partial charge in [-0.25, -0.2) is 4.39 Å². The Bertz CT molecular complexity index is 591. The lowest BCUT2D eigenvalue weighted by Gasteiger charge is -2.05. The van der Waals surface area contributed by atoms with Crippen molar-refractivity contribution in [1.82, 2.24) is 10.2 Å². The van der Waals surface area contributed by atoms with E-state index in [2.05, 4.69) is 15.4 Å². The largest absolute Gasteiger partial charge is 0.409 e. The van der Waals surface area contributed by atoms with Crippen molar-refractivity contribution in [2.45, 2.75) is 9.92 Å². The molecule has 18 heavy (non-hydrogen) atoms. The van der Waals surface area contributed by atoms with Crippen molar-refractivity contribution in [3.63, 3.8) is 0 Å². The van der Waals surface area contributed by atoms with Gasteiger partial charge in [-0.3, -0.25) is 0 Å². The number of nitrogens with zero attached hydrogens (tertiary/aromatic N) is 3. The van der Waals surface area contributed by atoms with Gasteiger partial charge in [0.05, 0.1) is 11.8 Å². The molecule has 5 nitrogen and oxygen atoms in total. The van der Waals surface area contributed by atoms with Gasteiger partial charge in [0.25, 0.3) is 0 Å². The molecule has 0 spiro atoms. The highest BCUT2D eigenvalue weighted by Crippen LogP contribution is 2.28. The zero-order valence-corrected chi connectivity index (χ0v) is 9.93. The van der Waals surface area contributed by atoms with Gasteiger partial charge in [0.1, 0.15) is 10.8 Å². The number of benzene rings is 1. The molecule has 0 aliphatic rings. The number of rotatable bonds is 3. The molecule has 0 saturated heterocycles. The van der Waals surface area contributed by atoms with E-state index >= 15 is 0 Å². The van der Waals surface area contributed by atoms with Crippen molar-refractivity contribution in [3.8, 4) is 0 Å². The summed E-state index contributed by atoms with van der Waals surface area (Å²) in [7, 11) is 0. The van der Waals surface area contributed by atoms with Gasteiger partial charge in [0.2, 0.25) is 0 Å². The molecule has 0 saturated carbocycles. The Balaban J connectivity index is 2.35. The van der Waals surface area contributed by atoms with E-state index in [0.717, 1.165) is 0 Å². The molecule has 0 bridgehead atoms. The van der Waals surface area contributed by atoms with Gasteiger partial charge in [-0.2, -0.15) is 5.10 Å². The molecule has 2 rings (SSSR count). The topological polar surface area (TPSA) is 84.4 Å². The summed E-state index contributed by atoms with van der Waals surface area (Å²) in [5, 5.41) is 19.6. The average Bonchev–Trinajstić information content (AvgIpc) is 2.38. The molecule has 0 atom stereocenters. The van der Waals surface area contributed by atoms with E-state index in [1.807, 2.05) is 0 Å². The molecule has 1 aromatic carbocycles. The molecule has 0 fully saturated rings. The highest BCUT2D eigenvalue weighted by molar-refractivity contribution is 7.99. The Morgan fingerprint density at radius 2 is 2.22 bits per heavy atom. The standard InChI is InChI=1S/C11H9FN4OS/c12-7-2-1-3-8(6-7)18-11-9(10(13)16-17)4-5-14-15-11/h1-6,17H,(H2,13,16). The molecule has 0 radical (unpaired) electrons. The summed E-state index contributed by atoms with van der Waals surface area (Å²) < 4.78 is 13.1. The van der Waals surface area contributed by atoms with Crippen LogP contribution in [0.1, 0.15) is 5.56 Å². The molecular weight excluding hydrogens is 255 g/mol. The molecule has 1 aromatic heterocycles. The van der Waals surface area contributed by atoms with Gasteiger partial charge in [-0.05, 0) is 24.3 Å². The molecule has 0 aliphatic heterocycles. The van der Waals surface area contributed by atoms with Crippen LogP contribution >= 0.6 is 11.8 Å². The van der Waals surface area contributed by atoms with Crippen molar-refractivity contribution in [2.75, 3.05) is 0 Å². The van der Waals surface area contributed by atoms with Crippen LogP contribution in [0.2, 0.25) is 0 Å². The second-order valence-electron chi connectivity index (χ2n) is 3.29. The van der Waals surface area contributed by atoms with Gasteiger partial charge in [-0.1, -0.05) is 23.0 Å². The molecule has 1 heterocycles. The molecule has 2 aromatic rings. The van der Waals surface area contributed by atoms with E-state index in [1.165, 1.54) is 30.1 Å². The zero-order valence-electron chi connectivity index (χ0n) is 9.12. The number of hydrogen-bond acceptors (Lipinski definition) is 5. The minimum atomic E-state index is -0.339. The fourth-order valence-corrected chi connectivity index (χ4v) is 2.20. The molecule has 0 amide bonds. The smallest absolute Gasteiger partial charge is 0.172 e. The van der Waals surface area contributed by atoms with Crippen LogP contribution in [0.5, 0.6) is 0 Å². The van der Waals surface area contributed by atoms with E-state index in [1.54, 1.807) is 18.2 Å². The lowest BCUT2D eigenvalue weighted by atomic mass is 10.3. The van der Waals surface area contributed by atoms with Crippen molar-refractivity contribution in [3.05, 3.63) is 47.9 Å². The number of halogens is 1. The summed E-state index contributed by atoms with van der Waals surface area (Å²) >= 11 is 1.19. The maximum absolute atomic E-state index is 13.1. The Morgan fingerprint density at radius 3 is 2.94 bits per heavy atom. The molecule has 3 N–H and O–H groups in total. The first kappa shape index (κ1) is 12.3. The average molecular weight is 264 g/mol. The van der Waals surface area contributed by atoms with E-state index in [0.29, 0.717) is 15.5 Å². The second kappa shape index (κ2) is 5.46. The lowest BCUT2D eigenvalue weighted by Crippen LogP contribution is -2.15. The Morgan fingerprint density at radius 1 is 1.39 bits per heavy atom. The van der Waals surface area contributed by atoms with Gasteiger partial charge < -0.3 is 10.9 Å². The van der Waals surface area contributed by atoms with Crippen LogP contribution in [-0.4, -0.2) is 21.2 Å². The number of aromatic nitrogens is 2. The van der Waals surface area contributed by atoms with Crippen LogP contribution in [-0.2, 0) is 0 Å². The summed E-state index contributed by atoms with van der Waals surface area (Å²) in [6.07, 6.45) is 1.43. The minimum Gasteiger partial charge on any atom is -0.409 e. The molecular formula is C11H9FN4OS. The van der Waals surface area contributed by atoms with Crippen molar-refractivity contribution >= 4 is 17.6 Å². The van der Waals surface area contributed by atoms with Gasteiger partial charge in [0.15, 0.2) is 5.84 Å². The van der Waals surface area contributed by atoms with Crippen molar-refractivity contribution < 1.29 is 9.60 Å². The first-order valence-electron chi connectivity index (χ1n) is 4.93. The van der Waals surface area contributed by atoms with Crippen LogP contribution < -0.4 is 5.73 Å². The van der Waals surface area contributed by atoms with Crippen LogP contribution in [0, 0.1) is 5.82 Å². The van der Waals surface area contributed by atoms with Gasteiger partial charge >= 0.3 is 0 Å². The SMILES string of the molecule is N/C(=N\O)c1ccnnc1Sc1cccc(F)c1. The third-order valence-corrected chi connectivity index (χ3v) is 3.07. The number of nitrogens with two attached hydrogens (primary N) is 1. The third kappa shape index (κ3) is 2.75. The zero-order chi connectivity index (χ0) is 13.0. The summed E-state index contributed by atoms with van der Waals surface area (Å²) in [6, 6.07) is 7.62. The predicted octanol–water partition coefficient (Wildman–Crippen LogP) is 1.86. The van der Waals surface area contributed by atoms with E-state index in [-0.39, 0.29) is 11.7 Å². The van der Waals surface area contributed by atoms with E-state index < -0.39 is 0 Å². The normalized spacial score (nSPS) is 11.5. The first-order valence-corrected chi connectivity index (χ1v) is 5.75. The minimum absolute atomic E-state index is 0.0659. The van der Waals surface area contributed by atoms with E-state index in [4.69, 9.17) is 10.9 Å². The van der Waals surface area contributed by atoms with E-state index in [9.17, 15) is 4.39 Å². The second-order valence-corrected chi connectivity index (χ2v) is 4.36. The predicted molar refractivity (Wildman–Crippen MR) is 65.1 cm³/mol.